The standard InChI is InChI=1S/C12H21NO5/c1-4-17-12(16)13(6-5-8-14)7-9-18-11(15)10(2)3/h14H,2,4-9H2,1,3H3. The number of amides is 1. The Labute approximate surface area is 107 Å². The van der Waals surface area contributed by atoms with Crippen molar-refractivity contribution in [2.24, 2.45) is 0 Å². The first-order valence-corrected chi connectivity index (χ1v) is 5.88. The highest BCUT2D eigenvalue weighted by atomic mass is 16.6. The summed E-state index contributed by atoms with van der Waals surface area (Å²) in [5.74, 6) is -0.485. The van der Waals surface area contributed by atoms with Gasteiger partial charge in [-0.1, -0.05) is 6.58 Å². The van der Waals surface area contributed by atoms with E-state index in [1.165, 1.54) is 4.90 Å². The molecule has 104 valence electrons. The fourth-order valence-electron chi connectivity index (χ4n) is 1.14. The van der Waals surface area contributed by atoms with Gasteiger partial charge in [-0.05, 0) is 20.3 Å². The van der Waals surface area contributed by atoms with Crippen LogP contribution in [0.1, 0.15) is 20.3 Å². The Morgan fingerprint density at radius 3 is 2.44 bits per heavy atom. The Bertz CT molecular complexity index is 290. The van der Waals surface area contributed by atoms with Crippen molar-refractivity contribution in [3.8, 4) is 0 Å². The number of aliphatic hydroxyl groups excluding tert-OH is 1. The zero-order valence-electron chi connectivity index (χ0n) is 11.0. The van der Waals surface area contributed by atoms with Crippen molar-refractivity contribution in [1.82, 2.24) is 4.90 Å². The van der Waals surface area contributed by atoms with Gasteiger partial charge in [0, 0.05) is 18.7 Å². The third kappa shape index (κ3) is 6.90. The van der Waals surface area contributed by atoms with Crippen molar-refractivity contribution in [3.63, 3.8) is 0 Å². The molecule has 0 aliphatic carbocycles. The molecule has 6 nitrogen and oxygen atoms in total. The lowest BCUT2D eigenvalue weighted by Gasteiger charge is -2.21. The highest BCUT2D eigenvalue weighted by molar-refractivity contribution is 5.86. The average molecular weight is 259 g/mol. The van der Waals surface area contributed by atoms with Crippen LogP contribution in [-0.4, -0.2) is 55.0 Å². The van der Waals surface area contributed by atoms with Crippen molar-refractivity contribution in [2.45, 2.75) is 20.3 Å². The molecule has 0 aliphatic heterocycles. The molecule has 0 aromatic heterocycles. The van der Waals surface area contributed by atoms with Crippen molar-refractivity contribution in [2.75, 3.05) is 32.9 Å². The largest absolute Gasteiger partial charge is 0.460 e. The molecule has 0 heterocycles. The third-order valence-electron chi connectivity index (χ3n) is 2.05. The molecule has 0 aromatic carbocycles. The maximum Gasteiger partial charge on any atom is 0.409 e. The van der Waals surface area contributed by atoms with Crippen LogP contribution < -0.4 is 0 Å². The number of ether oxygens (including phenoxy) is 2. The molecule has 0 saturated heterocycles. The Hall–Kier alpha value is -1.56. The number of hydrogen-bond acceptors (Lipinski definition) is 5. The van der Waals surface area contributed by atoms with E-state index in [1.807, 2.05) is 0 Å². The smallest absolute Gasteiger partial charge is 0.409 e. The van der Waals surface area contributed by atoms with Gasteiger partial charge in [0.05, 0.1) is 13.2 Å². The van der Waals surface area contributed by atoms with Crippen LogP contribution in [0.4, 0.5) is 4.79 Å². The van der Waals surface area contributed by atoms with E-state index in [0.29, 0.717) is 18.5 Å². The van der Waals surface area contributed by atoms with E-state index in [0.717, 1.165) is 0 Å². The zero-order valence-corrected chi connectivity index (χ0v) is 11.0. The van der Waals surface area contributed by atoms with Gasteiger partial charge in [0.15, 0.2) is 0 Å². The Morgan fingerprint density at radius 1 is 1.28 bits per heavy atom. The molecule has 0 fully saturated rings. The van der Waals surface area contributed by atoms with E-state index in [9.17, 15) is 9.59 Å². The van der Waals surface area contributed by atoms with Crippen LogP contribution in [0.25, 0.3) is 0 Å². The van der Waals surface area contributed by atoms with Gasteiger partial charge >= 0.3 is 12.1 Å². The van der Waals surface area contributed by atoms with Crippen LogP contribution in [0.5, 0.6) is 0 Å². The summed E-state index contributed by atoms with van der Waals surface area (Å²) >= 11 is 0. The van der Waals surface area contributed by atoms with Gasteiger partial charge in [0.2, 0.25) is 0 Å². The molecular weight excluding hydrogens is 238 g/mol. The Kier molecular flexibility index (Phi) is 8.65. The maximum atomic E-state index is 11.5. The van der Waals surface area contributed by atoms with Crippen molar-refractivity contribution < 1.29 is 24.2 Å². The summed E-state index contributed by atoms with van der Waals surface area (Å²) in [5.41, 5.74) is 0.313. The van der Waals surface area contributed by atoms with Crippen LogP contribution in [-0.2, 0) is 14.3 Å². The summed E-state index contributed by atoms with van der Waals surface area (Å²) in [7, 11) is 0. The summed E-state index contributed by atoms with van der Waals surface area (Å²) in [4.78, 5) is 24.1. The van der Waals surface area contributed by atoms with E-state index in [2.05, 4.69) is 6.58 Å². The summed E-state index contributed by atoms with van der Waals surface area (Å²) in [6, 6.07) is 0. The van der Waals surface area contributed by atoms with E-state index >= 15 is 0 Å². The summed E-state index contributed by atoms with van der Waals surface area (Å²) in [6.07, 6.45) is -0.0231. The first-order valence-electron chi connectivity index (χ1n) is 5.88. The van der Waals surface area contributed by atoms with Crippen LogP contribution >= 0.6 is 0 Å². The zero-order chi connectivity index (χ0) is 14.0. The maximum absolute atomic E-state index is 11.5. The summed E-state index contributed by atoms with van der Waals surface area (Å²) in [5, 5.41) is 8.74. The third-order valence-corrected chi connectivity index (χ3v) is 2.05. The van der Waals surface area contributed by atoms with Crippen molar-refractivity contribution >= 4 is 12.1 Å². The van der Waals surface area contributed by atoms with Gasteiger partial charge in [-0.3, -0.25) is 0 Å². The summed E-state index contributed by atoms with van der Waals surface area (Å²) in [6.45, 7) is 7.66. The molecular formula is C12H21NO5. The van der Waals surface area contributed by atoms with E-state index < -0.39 is 12.1 Å². The molecule has 0 unspecified atom stereocenters. The topological polar surface area (TPSA) is 76.1 Å². The first kappa shape index (κ1) is 16.4. The van der Waals surface area contributed by atoms with Gasteiger partial charge in [0.1, 0.15) is 6.61 Å². The lowest BCUT2D eigenvalue weighted by molar-refractivity contribution is -0.139. The van der Waals surface area contributed by atoms with Gasteiger partial charge in [0.25, 0.3) is 0 Å². The molecule has 1 N–H and O–H groups in total. The minimum atomic E-state index is -0.485. The second kappa shape index (κ2) is 9.47. The minimum absolute atomic E-state index is 0.0124. The number of nitrogens with zero attached hydrogens (tertiary/aromatic N) is 1. The highest BCUT2D eigenvalue weighted by Crippen LogP contribution is 1.98. The molecule has 0 saturated carbocycles. The first-order chi connectivity index (χ1) is 8.52. The van der Waals surface area contributed by atoms with Crippen LogP contribution in [0.15, 0.2) is 12.2 Å². The number of rotatable bonds is 8. The quantitative estimate of drug-likeness (QED) is 0.518. The van der Waals surface area contributed by atoms with Crippen molar-refractivity contribution in [1.29, 1.82) is 0 Å². The monoisotopic (exact) mass is 259 g/mol. The second-order valence-electron chi connectivity index (χ2n) is 3.68. The lowest BCUT2D eigenvalue weighted by Crippen LogP contribution is -2.36. The van der Waals surface area contributed by atoms with E-state index in [-0.39, 0.29) is 26.4 Å². The molecule has 0 aromatic rings. The van der Waals surface area contributed by atoms with Crippen LogP contribution in [0.3, 0.4) is 0 Å². The molecule has 0 bridgehead atoms. The molecule has 6 heteroatoms. The molecule has 0 atom stereocenters. The second-order valence-corrected chi connectivity index (χ2v) is 3.68. The van der Waals surface area contributed by atoms with Crippen LogP contribution in [0, 0.1) is 0 Å². The molecule has 0 radical (unpaired) electrons. The molecule has 1 amide bonds. The molecule has 18 heavy (non-hydrogen) atoms. The Balaban J connectivity index is 4.11. The van der Waals surface area contributed by atoms with E-state index in [1.54, 1.807) is 13.8 Å². The van der Waals surface area contributed by atoms with E-state index in [4.69, 9.17) is 14.6 Å². The minimum Gasteiger partial charge on any atom is -0.460 e. The molecule has 0 rings (SSSR count). The summed E-state index contributed by atoms with van der Waals surface area (Å²) < 4.78 is 9.75. The fraction of sp³-hybridized carbons (Fsp3) is 0.667. The normalized spacial score (nSPS) is 9.72. The predicted molar refractivity (Wildman–Crippen MR) is 66.1 cm³/mol. The predicted octanol–water partition coefficient (Wildman–Crippen LogP) is 0.947. The number of hydrogen-bond donors (Lipinski definition) is 1. The van der Waals surface area contributed by atoms with Gasteiger partial charge in [-0.15, -0.1) is 0 Å². The lowest BCUT2D eigenvalue weighted by atomic mass is 10.4. The van der Waals surface area contributed by atoms with Crippen molar-refractivity contribution in [3.05, 3.63) is 12.2 Å². The average Bonchev–Trinajstić information content (AvgIpc) is 2.33. The highest BCUT2D eigenvalue weighted by Gasteiger charge is 2.14. The number of carbonyl (C=O) groups excluding carboxylic acids is 2. The SMILES string of the molecule is C=C(C)C(=O)OCCN(CCCO)C(=O)OCC. The van der Waals surface area contributed by atoms with Gasteiger partial charge < -0.3 is 19.5 Å². The van der Waals surface area contributed by atoms with Gasteiger partial charge in [-0.2, -0.15) is 0 Å². The van der Waals surface area contributed by atoms with Gasteiger partial charge in [-0.25, -0.2) is 9.59 Å². The molecule has 0 aliphatic rings. The number of carbonyl (C=O) groups is 2. The fourth-order valence-corrected chi connectivity index (χ4v) is 1.14. The number of esters is 1. The van der Waals surface area contributed by atoms with Crippen LogP contribution in [0.2, 0.25) is 0 Å². The molecule has 0 spiro atoms. The number of aliphatic hydroxyl groups is 1. The Morgan fingerprint density at radius 2 is 1.94 bits per heavy atom.